The van der Waals surface area contributed by atoms with E-state index in [-0.39, 0.29) is 12.6 Å². The van der Waals surface area contributed by atoms with E-state index in [0.717, 1.165) is 0 Å². The Morgan fingerprint density at radius 3 is 2.46 bits per heavy atom. The van der Waals surface area contributed by atoms with Crippen LogP contribution in [0.5, 0.6) is 0 Å². The second-order valence-corrected chi connectivity index (χ2v) is 3.41. The SMILES string of the molecule is CN[C@H](CO)c1cc(C)n(C)c1C. The molecular formula is C10H18N2O. The van der Waals surface area contributed by atoms with E-state index in [1.807, 2.05) is 14.1 Å². The molecule has 0 unspecified atom stereocenters. The number of aliphatic hydroxyl groups excluding tert-OH is 1. The first-order valence-electron chi connectivity index (χ1n) is 4.52. The third kappa shape index (κ3) is 1.76. The molecule has 0 saturated heterocycles. The van der Waals surface area contributed by atoms with Gasteiger partial charge in [0.2, 0.25) is 0 Å². The van der Waals surface area contributed by atoms with Gasteiger partial charge in [0, 0.05) is 18.4 Å². The number of likely N-dealkylation sites (N-methyl/N-ethyl adjacent to an activating group) is 1. The number of aromatic nitrogens is 1. The quantitative estimate of drug-likeness (QED) is 0.728. The van der Waals surface area contributed by atoms with Crippen LogP contribution < -0.4 is 5.32 Å². The van der Waals surface area contributed by atoms with Crippen LogP contribution in [0.4, 0.5) is 0 Å². The Balaban J connectivity index is 3.06. The van der Waals surface area contributed by atoms with Gasteiger partial charge in [-0.25, -0.2) is 0 Å². The molecular weight excluding hydrogens is 164 g/mol. The molecule has 0 aliphatic carbocycles. The second-order valence-electron chi connectivity index (χ2n) is 3.41. The number of nitrogens with one attached hydrogen (secondary N) is 1. The van der Waals surface area contributed by atoms with Gasteiger partial charge in [-0.1, -0.05) is 0 Å². The summed E-state index contributed by atoms with van der Waals surface area (Å²) in [6.07, 6.45) is 0. The van der Waals surface area contributed by atoms with Crippen LogP contribution in [0.1, 0.15) is 23.0 Å². The van der Waals surface area contributed by atoms with E-state index in [2.05, 4.69) is 29.8 Å². The highest BCUT2D eigenvalue weighted by Gasteiger charge is 2.14. The molecule has 1 heterocycles. The van der Waals surface area contributed by atoms with Crippen LogP contribution in [0.2, 0.25) is 0 Å². The first-order chi connectivity index (χ1) is 6.11. The molecule has 1 atom stereocenters. The molecule has 0 spiro atoms. The molecule has 0 aliphatic rings. The lowest BCUT2D eigenvalue weighted by Crippen LogP contribution is -2.20. The third-order valence-corrected chi connectivity index (χ3v) is 2.72. The van der Waals surface area contributed by atoms with Crippen LogP contribution >= 0.6 is 0 Å². The van der Waals surface area contributed by atoms with E-state index in [0.29, 0.717) is 0 Å². The van der Waals surface area contributed by atoms with Crippen molar-refractivity contribution in [2.45, 2.75) is 19.9 Å². The molecule has 0 saturated carbocycles. The van der Waals surface area contributed by atoms with Gasteiger partial charge in [0.1, 0.15) is 0 Å². The molecule has 0 aliphatic heterocycles. The zero-order chi connectivity index (χ0) is 10.0. The number of aliphatic hydroxyl groups is 1. The van der Waals surface area contributed by atoms with E-state index >= 15 is 0 Å². The maximum atomic E-state index is 9.13. The van der Waals surface area contributed by atoms with Crippen LogP contribution in [-0.4, -0.2) is 23.3 Å². The van der Waals surface area contributed by atoms with Gasteiger partial charge >= 0.3 is 0 Å². The van der Waals surface area contributed by atoms with Gasteiger partial charge in [0.05, 0.1) is 12.6 Å². The van der Waals surface area contributed by atoms with E-state index < -0.39 is 0 Å². The van der Waals surface area contributed by atoms with Gasteiger partial charge in [-0.3, -0.25) is 0 Å². The predicted octanol–water partition coefficient (Wildman–Crippen LogP) is 0.895. The van der Waals surface area contributed by atoms with Gasteiger partial charge in [-0.05, 0) is 32.5 Å². The molecule has 3 nitrogen and oxygen atoms in total. The monoisotopic (exact) mass is 182 g/mol. The molecule has 1 rings (SSSR count). The minimum absolute atomic E-state index is 0.0555. The molecule has 0 amide bonds. The minimum Gasteiger partial charge on any atom is -0.394 e. The molecule has 0 aromatic carbocycles. The maximum Gasteiger partial charge on any atom is 0.0627 e. The number of nitrogens with zero attached hydrogens (tertiary/aromatic N) is 1. The summed E-state index contributed by atoms with van der Waals surface area (Å²) in [5.74, 6) is 0. The molecule has 0 bridgehead atoms. The highest BCUT2D eigenvalue weighted by molar-refractivity contribution is 5.29. The second kappa shape index (κ2) is 3.94. The number of hydrogen-bond acceptors (Lipinski definition) is 2. The van der Waals surface area contributed by atoms with Crippen molar-refractivity contribution >= 4 is 0 Å². The Kier molecular flexibility index (Phi) is 3.12. The zero-order valence-electron chi connectivity index (χ0n) is 8.76. The first kappa shape index (κ1) is 10.3. The smallest absolute Gasteiger partial charge is 0.0627 e. The predicted molar refractivity (Wildman–Crippen MR) is 53.8 cm³/mol. The van der Waals surface area contributed by atoms with Gasteiger partial charge < -0.3 is 15.0 Å². The average Bonchev–Trinajstić information content (AvgIpc) is 2.36. The summed E-state index contributed by atoms with van der Waals surface area (Å²) in [5.41, 5.74) is 3.62. The van der Waals surface area contributed by atoms with Crippen molar-refractivity contribution in [1.29, 1.82) is 0 Å². The fourth-order valence-electron chi connectivity index (χ4n) is 1.58. The van der Waals surface area contributed by atoms with Crippen molar-refractivity contribution in [3.8, 4) is 0 Å². The van der Waals surface area contributed by atoms with Crippen molar-refractivity contribution in [2.24, 2.45) is 7.05 Å². The van der Waals surface area contributed by atoms with Crippen LogP contribution in [0.3, 0.4) is 0 Å². The number of hydrogen-bond donors (Lipinski definition) is 2. The summed E-state index contributed by atoms with van der Waals surface area (Å²) < 4.78 is 2.13. The molecule has 3 heteroatoms. The number of rotatable bonds is 3. The fraction of sp³-hybridized carbons (Fsp3) is 0.600. The Bertz CT molecular complexity index is 287. The summed E-state index contributed by atoms with van der Waals surface area (Å²) in [7, 11) is 3.90. The lowest BCUT2D eigenvalue weighted by Gasteiger charge is -2.13. The highest BCUT2D eigenvalue weighted by Crippen LogP contribution is 2.20. The van der Waals surface area contributed by atoms with E-state index in [4.69, 9.17) is 5.11 Å². The van der Waals surface area contributed by atoms with Gasteiger partial charge in [-0.2, -0.15) is 0 Å². The standard InChI is InChI=1S/C10H18N2O/c1-7-5-9(8(2)12(7)4)10(6-13)11-3/h5,10-11,13H,6H2,1-4H3/t10-/m1/s1. The lowest BCUT2D eigenvalue weighted by molar-refractivity contribution is 0.250. The Morgan fingerprint density at radius 2 is 2.15 bits per heavy atom. The Hall–Kier alpha value is -0.800. The van der Waals surface area contributed by atoms with Crippen LogP contribution in [0.25, 0.3) is 0 Å². The fourth-order valence-corrected chi connectivity index (χ4v) is 1.58. The maximum absolute atomic E-state index is 9.13. The molecule has 1 aromatic rings. The summed E-state index contributed by atoms with van der Waals surface area (Å²) in [6, 6.07) is 2.17. The summed E-state index contributed by atoms with van der Waals surface area (Å²) in [6.45, 7) is 4.28. The van der Waals surface area contributed by atoms with Crippen molar-refractivity contribution in [2.75, 3.05) is 13.7 Å². The Labute approximate surface area is 79.4 Å². The summed E-state index contributed by atoms with van der Waals surface area (Å²) in [5, 5.41) is 12.2. The average molecular weight is 182 g/mol. The Morgan fingerprint density at radius 1 is 1.54 bits per heavy atom. The minimum atomic E-state index is 0.0555. The zero-order valence-corrected chi connectivity index (χ0v) is 8.76. The topological polar surface area (TPSA) is 37.2 Å². The largest absolute Gasteiger partial charge is 0.394 e. The van der Waals surface area contributed by atoms with Crippen LogP contribution in [0, 0.1) is 13.8 Å². The molecule has 0 radical (unpaired) electrons. The molecule has 2 N–H and O–H groups in total. The first-order valence-corrected chi connectivity index (χ1v) is 4.52. The highest BCUT2D eigenvalue weighted by atomic mass is 16.3. The van der Waals surface area contributed by atoms with Crippen molar-refractivity contribution in [3.05, 3.63) is 23.0 Å². The third-order valence-electron chi connectivity index (χ3n) is 2.72. The van der Waals surface area contributed by atoms with Crippen molar-refractivity contribution < 1.29 is 5.11 Å². The van der Waals surface area contributed by atoms with Crippen LogP contribution in [0.15, 0.2) is 6.07 Å². The molecule has 74 valence electrons. The van der Waals surface area contributed by atoms with Crippen LogP contribution in [-0.2, 0) is 7.05 Å². The van der Waals surface area contributed by atoms with Gasteiger partial charge in [0.25, 0.3) is 0 Å². The van der Waals surface area contributed by atoms with E-state index in [9.17, 15) is 0 Å². The summed E-state index contributed by atoms with van der Waals surface area (Å²) in [4.78, 5) is 0. The van der Waals surface area contributed by atoms with E-state index in [1.165, 1.54) is 17.0 Å². The lowest BCUT2D eigenvalue weighted by atomic mass is 10.1. The van der Waals surface area contributed by atoms with Gasteiger partial charge in [0.15, 0.2) is 0 Å². The molecule has 0 fully saturated rings. The van der Waals surface area contributed by atoms with Gasteiger partial charge in [-0.15, -0.1) is 0 Å². The van der Waals surface area contributed by atoms with Crippen molar-refractivity contribution in [3.63, 3.8) is 0 Å². The molecule has 1 aromatic heterocycles. The number of aryl methyl sites for hydroxylation is 1. The molecule has 13 heavy (non-hydrogen) atoms. The normalized spacial score (nSPS) is 13.3. The van der Waals surface area contributed by atoms with Crippen molar-refractivity contribution in [1.82, 2.24) is 9.88 Å². The summed E-state index contributed by atoms with van der Waals surface area (Å²) >= 11 is 0. The van der Waals surface area contributed by atoms with E-state index in [1.54, 1.807) is 0 Å².